The van der Waals surface area contributed by atoms with Crippen molar-refractivity contribution >= 4 is 17.5 Å². The van der Waals surface area contributed by atoms with Crippen molar-refractivity contribution in [2.75, 3.05) is 31.4 Å². The molecule has 150 valence electrons. The van der Waals surface area contributed by atoms with Crippen LogP contribution in [0.5, 0.6) is 5.75 Å². The fourth-order valence-corrected chi connectivity index (χ4v) is 3.48. The van der Waals surface area contributed by atoms with E-state index >= 15 is 0 Å². The lowest BCUT2D eigenvalue weighted by atomic mass is 9.91. The van der Waals surface area contributed by atoms with E-state index in [9.17, 15) is 4.79 Å². The molecule has 1 aliphatic rings. The summed E-state index contributed by atoms with van der Waals surface area (Å²) in [6.45, 7) is 1.91. The minimum Gasteiger partial charge on any atom is -0.497 e. The molecule has 7 heteroatoms. The molecular formula is C21H29N5O2. The Balaban J connectivity index is 1.52. The summed E-state index contributed by atoms with van der Waals surface area (Å²) in [5, 5.41) is 6.68. The first-order valence-corrected chi connectivity index (χ1v) is 9.69. The molecule has 0 aliphatic heterocycles. The maximum atomic E-state index is 12.5. The summed E-state index contributed by atoms with van der Waals surface area (Å²) in [7, 11) is 5.55. The number of aryl methyl sites for hydroxylation is 1. The first kappa shape index (κ1) is 19.9. The summed E-state index contributed by atoms with van der Waals surface area (Å²) in [6, 6.07) is 9.77. The highest BCUT2D eigenvalue weighted by molar-refractivity contribution is 5.94. The largest absolute Gasteiger partial charge is 0.497 e. The van der Waals surface area contributed by atoms with Crippen LogP contribution >= 0.6 is 0 Å². The van der Waals surface area contributed by atoms with E-state index in [1.807, 2.05) is 50.2 Å². The third-order valence-electron chi connectivity index (χ3n) is 5.03. The van der Waals surface area contributed by atoms with Gasteiger partial charge >= 0.3 is 0 Å². The Morgan fingerprint density at radius 1 is 1.11 bits per heavy atom. The fraction of sp³-hybridized carbons (Fsp3) is 0.476. The molecule has 1 aromatic carbocycles. The molecule has 0 atom stereocenters. The number of ether oxygens (including phenoxy) is 1. The lowest BCUT2D eigenvalue weighted by molar-refractivity contribution is 0.0926. The van der Waals surface area contributed by atoms with E-state index in [0.717, 1.165) is 43.1 Å². The molecule has 1 amide bonds. The number of anilines is 2. The number of methoxy groups -OCH3 is 1. The molecule has 0 radical (unpaired) electrons. The van der Waals surface area contributed by atoms with Gasteiger partial charge in [-0.15, -0.1) is 0 Å². The van der Waals surface area contributed by atoms with Gasteiger partial charge in [-0.1, -0.05) is 6.07 Å². The first-order chi connectivity index (χ1) is 13.4. The maximum absolute atomic E-state index is 12.5. The molecule has 0 bridgehead atoms. The van der Waals surface area contributed by atoms with Gasteiger partial charge in [-0.25, -0.2) is 9.97 Å². The zero-order valence-corrected chi connectivity index (χ0v) is 17.0. The van der Waals surface area contributed by atoms with Crippen LogP contribution in [0.1, 0.15) is 41.9 Å². The van der Waals surface area contributed by atoms with Crippen LogP contribution in [0.4, 0.5) is 11.6 Å². The van der Waals surface area contributed by atoms with Crippen molar-refractivity contribution in [3.05, 3.63) is 41.7 Å². The van der Waals surface area contributed by atoms with E-state index in [2.05, 4.69) is 20.6 Å². The molecule has 3 rings (SSSR count). The summed E-state index contributed by atoms with van der Waals surface area (Å²) >= 11 is 0. The molecule has 7 nitrogen and oxygen atoms in total. The van der Waals surface area contributed by atoms with Crippen molar-refractivity contribution in [1.82, 2.24) is 15.3 Å². The molecule has 2 aromatic rings. The van der Waals surface area contributed by atoms with Crippen LogP contribution < -0.4 is 20.3 Å². The van der Waals surface area contributed by atoms with E-state index in [4.69, 9.17) is 4.74 Å². The molecule has 0 spiro atoms. The molecule has 1 heterocycles. The first-order valence-electron chi connectivity index (χ1n) is 9.69. The van der Waals surface area contributed by atoms with E-state index in [-0.39, 0.29) is 11.9 Å². The Labute approximate surface area is 166 Å². The van der Waals surface area contributed by atoms with Crippen LogP contribution in [0, 0.1) is 6.92 Å². The van der Waals surface area contributed by atoms with E-state index in [1.165, 1.54) is 0 Å². The molecule has 0 saturated heterocycles. The summed E-state index contributed by atoms with van der Waals surface area (Å²) in [4.78, 5) is 23.4. The predicted molar refractivity (Wildman–Crippen MR) is 111 cm³/mol. The number of carbonyl (C=O) groups is 1. The number of nitrogens with one attached hydrogen (secondary N) is 2. The molecule has 0 unspecified atom stereocenters. The van der Waals surface area contributed by atoms with Crippen LogP contribution in [-0.4, -0.2) is 49.2 Å². The van der Waals surface area contributed by atoms with Crippen molar-refractivity contribution < 1.29 is 9.53 Å². The van der Waals surface area contributed by atoms with Gasteiger partial charge in [0.1, 0.15) is 23.2 Å². The van der Waals surface area contributed by atoms with Gasteiger partial charge in [0.05, 0.1) is 7.11 Å². The van der Waals surface area contributed by atoms with Gasteiger partial charge in [0, 0.05) is 37.8 Å². The average molecular weight is 383 g/mol. The van der Waals surface area contributed by atoms with Gasteiger partial charge in [0.25, 0.3) is 5.91 Å². The number of hydrogen-bond donors (Lipinski definition) is 2. The van der Waals surface area contributed by atoms with Gasteiger partial charge in [-0.05, 0) is 50.8 Å². The number of hydrogen-bond acceptors (Lipinski definition) is 6. The molecular weight excluding hydrogens is 354 g/mol. The van der Waals surface area contributed by atoms with Crippen LogP contribution in [0.15, 0.2) is 30.3 Å². The number of carbonyl (C=O) groups excluding carboxylic acids is 1. The highest BCUT2D eigenvalue weighted by Gasteiger charge is 2.23. The van der Waals surface area contributed by atoms with E-state index < -0.39 is 0 Å². The van der Waals surface area contributed by atoms with Gasteiger partial charge < -0.3 is 20.3 Å². The average Bonchev–Trinajstić information content (AvgIpc) is 2.69. The number of rotatable bonds is 6. The van der Waals surface area contributed by atoms with Crippen molar-refractivity contribution in [3.63, 3.8) is 0 Å². The van der Waals surface area contributed by atoms with Gasteiger partial charge in [0.15, 0.2) is 0 Å². The van der Waals surface area contributed by atoms with Crippen LogP contribution in [0.2, 0.25) is 0 Å². The smallest absolute Gasteiger partial charge is 0.251 e. The zero-order valence-electron chi connectivity index (χ0n) is 17.0. The third-order valence-corrected chi connectivity index (χ3v) is 5.03. The van der Waals surface area contributed by atoms with Crippen molar-refractivity contribution in [2.24, 2.45) is 0 Å². The lowest BCUT2D eigenvalue weighted by Gasteiger charge is -2.30. The summed E-state index contributed by atoms with van der Waals surface area (Å²) in [5.41, 5.74) is 0.632. The summed E-state index contributed by atoms with van der Waals surface area (Å²) in [6.07, 6.45) is 3.86. The number of aromatic nitrogens is 2. The van der Waals surface area contributed by atoms with Gasteiger partial charge in [-0.2, -0.15) is 0 Å². The zero-order chi connectivity index (χ0) is 20.1. The number of nitrogens with zero attached hydrogens (tertiary/aromatic N) is 3. The van der Waals surface area contributed by atoms with Crippen LogP contribution in [-0.2, 0) is 0 Å². The highest BCUT2D eigenvalue weighted by atomic mass is 16.5. The Kier molecular flexibility index (Phi) is 6.34. The second-order valence-electron chi connectivity index (χ2n) is 7.45. The topological polar surface area (TPSA) is 79.4 Å². The Bertz CT molecular complexity index is 816. The lowest BCUT2D eigenvalue weighted by Crippen LogP contribution is -2.40. The van der Waals surface area contributed by atoms with Gasteiger partial charge in [0.2, 0.25) is 0 Å². The third kappa shape index (κ3) is 5.12. The quantitative estimate of drug-likeness (QED) is 0.798. The normalized spacial score (nSPS) is 19.0. The van der Waals surface area contributed by atoms with Crippen LogP contribution in [0.25, 0.3) is 0 Å². The second-order valence-corrected chi connectivity index (χ2v) is 7.45. The standard InChI is InChI=1S/C21H29N5O2/c1-14-22-19(13-20(23-14)26(2)3)24-16-8-10-17(11-9-16)25-21(27)15-6-5-7-18(12-15)28-4/h5-7,12-13,16-17H,8-11H2,1-4H3,(H,25,27)(H,22,23,24). The molecule has 28 heavy (non-hydrogen) atoms. The van der Waals surface area contributed by atoms with Gasteiger partial charge in [-0.3, -0.25) is 4.79 Å². The van der Waals surface area contributed by atoms with Crippen LogP contribution in [0.3, 0.4) is 0 Å². The van der Waals surface area contributed by atoms with E-state index in [0.29, 0.717) is 17.4 Å². The van der Waals surface area contributed by atoms with Crippen molar-refractivity contribution in [1.29, 1.82) is 0 Å². The summed E-state index contributed by atoms with van der Waals surface area (Å²) < 4.78 is 5.20. The Morgan fingerprint density at radius 2 is 1.82 bits per heavy atom. The fourth-order valence-electron chi connectivity index (χ4n) is 3.48. The van der Waals surface area contributed by atoms with Crippen molar-refractivity contribution in [3.8, 4) is 5.75 Å². The van der Waals surface area contributed by atoms with Crippen molar-refractivity contribution in [2.45, 2.75) is 44.7 Å². The predicted octanol–water partition coefficient (Wildman–Crippen LogP) is 3.01. The molecule has 1 aromatic heterocycles. The minimum atomic E-state index is -0.0441. The second kappa shape index (κ2) is 8.91. The van der Waals surface area contributed by atoms with E-state index in [1.54, 1.807) is 13.2 Å². The SMILES string of the molecule is COc1cccc(C(=O)NC2CCC(Nc3cc(N(C)C)nc(C)n3)CC2)c1. The minimum absolute atomic E-state index is 0.0441. The Morgan fingerprint density at radius 3 is 2.50 bits per heavy atom. The number of amides is 1. The monoisotopic (exact) mass is 383 g/mol. The molecule has 1 aliphatic carbocycles. The molecule has 1 saturated carbocycles. The molecule has 1 fully saturated rings. The Hall–Kier alpha value is -2.83. The molecule has 2 N–H and O–H groups in total. The maximum Gasteiger partial charge on any atom is 0.251 e. The highest BCUT2D eigenvalue weighted by Crippen LogP contribution is 2.23. The summed E-state index contributed by atoms with van der Waals surface area (Å²) in [5.74, 6) is 3.16. The number of benzene rings is 1.